The monoisotopic (exact) mass is 759 g/mol. The molecule has 306 valence electrons. The zero-order chi connectivity index (χ0) is 38.6. The number of likely N-dealkylation sites (N-methyl/N-ethyl adjacent to an activating group) is 1. The number of unbranched alkanes of at least 4 members (excludes halogenated alkanes) is 20. The van der Waals surface area contributed by atoms with Gasteiger partial charge in [-0.3, -0.25) is 18.6 Å². The van der Waals surface area contributed by atoms with Crippen LogP contribution in [0.2, 0.25) is 0 Å². The summed E-state index contributed by atoms with van der Waals surface area (Å²) < 4.78 is 34.2. The van der Waals surface area contributed by atoms with E-state index in [4.69, 9.17) is 18.5 Å². The van der Waals surface area contributed by atoms with Crippen molar-refractivity contribution in [2.75, 3.05) is 47.5 Å². The van der Waals surface area contributed by atoms with Crippen LogP contribution in [0.4, 0.5) is 0 Å². The fourth-order valence-corrected chi connectivity index (χ4v) is 6.33. The molecule has 0 rings (SSSR count). The number of hydrogen-bond acceptors (Lipinski definition) is 7. The maximum atomic E-state index is 12.6. The molecule has 52 heavy (non-hydrogen) atoms. The van der Waals surface area contributed by atoms with Crippen molar-refractivity contribution in [1.29, 1.82) is 0 Å². The largest absolute Gasteiger partial charge is 0.472 e. The van der Waals surface area contributed by atoms with Crippen molar-refractivity contribution in [3.8, 4) is 0 Å². The highest BCUT2D eigenvalue weighted by atomic mass is 31.2. The zero-order valence-electron chi connectivity index (χ0n) is 34.3. The van der Waals surface area contributed by atoms with Crippen LogP contribution in [0, 0.1) is 0 Å². The molecular weight excluding hydrogens is 677 g/mol. The molecule has 0 aromatic heterocycles. The standard InChI is InChI=1S/C42H80NO8P/c1-6-8-10-12-14-16-18-20-21-23-24-26-28-30-32-34-41(44)48-38-40(39-50-52(46,47)49-37-36-43(3,4)5)51-42(45)35-33-31-29-27-25-22-19-17-15-13-11-9-7-2/h22,24-26,40H,6-21,23,27-39H2,1-5H3/p+1/b25-22+,26-24+/t40-/m1/s1. The lowest BCUT2D eigenvalue weighted by Crippen LogP contribution is -2.37. The number of carbonyl (C=O) groups excluding carboxylic acids is 2. The molecule has 0 aliphatic heterocycles. The van der Waals surface area contributed by atoms with E-state index in [2.05, 4.69) is 38.2 Å². The first-order chi connectivity index (χ1) is 25.0. The van der Waals surface area contributed by atoms with Crippen LogP contribution in [-0.4, -0.2) is 74.9 Å². The Bertz CT molecular complexity index is 949. The van der Waals surface area contributed by atoms with E-state index in [0.717, 1.165) is 44.9 Å². The number of quaternary nitrogens is 1. The van der Waals surface area contributed by atoms with Crippen molar-refractivity contribution in [3.63, 3.8) is 0 Å². The van der Waals surface area contributed by atoms with Crippen LogP contribution in [0.3, 0.4) is 0 Å². The fourth-order valence-electron chi connectivity index (χ4n) is 5.59. The van der Waals surface area contributed by atoms with Crippen LogP contribution in [0.1, 0.15) is 181 Å². The second-order valence-corrected chi connectivity index (χ2v) is 16.8. The van der Waals surface area contributed by atoms with Gasteiger partial charge in [0.15, 0.2) is 6.10 Å². The van der Waals surface area contributed by atoms with Crippen LogP contribution >= 0.6 is 7.82 Å². The van der Waals surface area contributed by atoms with E-state index >= 15 is 0 Å². The molecule has 0 fully saturated rings. The van der Waals surface area contributed by atoms with Crippen LogP contribution in [0.25, 0.3) is 0 Å². The van der Waals surface area contributed by atoms with Crippen molar-refractivity contribution in [2.45, 2.75) is 187 Å². The van der Waals surface area contributed by atoms with Gasteiger partial charge in [0.05, 0.1) is 27.7 Å². The summed E-state index contributed by atoms with van der Waals surface area (Å²) in [7, 11) is 1.46. The molecule has 0 bridgehead atoms. The lowest BCUT2D eigenvalue weighted by molar-refractivity contribution is -0.870. The van der Waals surface area contributed by atoms with Gasteiger partial charge in [-0.2, -0.15) is 0 Å². The van der Waals surface area contributed by atoms with E-state index in [0.29, 0.717) is 23.9 Å². The Morgan fingerprint density at radius 3 is 1.46 bits per heavy atom. The van der Waals surface area contributed by atoms with E-state index in [9.17, 15) is 19.0 Å². The molecule has 0 saturated heterocycles. The average molecular weight is 759 g/mol. The Balaban J connectivity index is 4.43. The quantitative estimate of drug-likeness (QED) is 0.0218. The minimum Gasteiger partial charge on any atom is -0.462 e. The third-order valence-corrected chi connectivity index (χ3v) is 9.94. The number of hydrogen-bond donors (Lipinski definition) is 1. The second-order valence-electron chi connectivity index (χ2n) is 15.4. The number of carbonyl (C=O) groups is 2. The average Bonchev–Trinajstić information content (AvgIpc) is 3.09. The number of ether oxygens (including phenoxy) is 2. The van der Waals surface area contributed by atoms with E-state index < -0.39 is 32.5 Å². The molecule has 0 aromatic carbocycles. The lowest BCUT2D eigenvalue weighted by atomic mass is 10.1. The van der Waals surface area contributed by atoms with Crippen molar-refractivity contribution in [1.82, 2.24) is 0 Å². The maximum absolute atomic E-state index is 12.6. The first kappa shape index (κ1) is 50.5. The van der Waals surface area contributed by atoms with Gasteiger partial charge in [0.25, 0.3) is 0 Å². The summed E-state index contributed by atoms with van der Waals surface area (Å²) in [5.74, 6) is -0.841. The molecule has 10 heteroatoms. The predicted octanol–water partition coefficient (Wildman–Crippen LogP) is 11.6. The molecule has 0 aromatic rings. The number of rotatable bonds is 38. The van der Waals surface area contributed by atoms with E-state index in [1.54, 1.807) is 0 Å². The molecule has 0 spiro atoms. The van der Waals surface area contributed by atoms with Gasteiger partial charge in [-0.15, -0.1) is 0 Å². The molecule has 0 saturated carbocycles. The van der Waals surface area contributed by atoms with Gasteiger partial charge in [-0.05, 0) is 64.2 Å². The first-order valence-electron chi connectivity index (χ1n) is 21.1. The molecule has 0 heterocycles. The van der Waals surface area contributed by atoms with Crippen molar-refractivity contribution in [3.05, 3.63) is 24.3 Å². The highest BCUT2D eigenvalue weighted by Crippen LogP contribution is 2.43. The smallest absolute Gasteiger partial charge is 0.462 e. The molecule has 0 aliphatic rings. The van der Waals surface area contributed by atoms with Gasteiger partial charge < -0.3 is 18.9 Å². The van der Waals surface area contributed by atoms with Gasteiger partial charge in [0, 0.05) is 12.8 Å². The minimum absolute atomic E-state index is 0.0272. The fraction of sp³-hybridized carbons (Fsp3) is 0.857. The summed E-state index contributed by atoms with van der Waals surface area (Å²) >= 11 is 0. The molecular formula is C42H81NO8P+. The third kappa shape index (κ3) is 38.2. The van der Waals surface area contributed by atoms with Crippen molar-refractivity contribution >= 4 is 19.8 Å². The Hall–Kier alpha value is -1.51. The molecule has 0 aliphatic carbocycles. The molecule has 0 amide bonds. The SMILES string of the molecule is CCCCCCCC/C=C/CCCCCC(=O)O[C@H](COC(=O)CCCC/C=C/CCCCCCCCCCC)COP(=O)(O)OCC[N+](C)(C)C. The van der Waals surface area contributed by atoms with E-state index in [-0.39, 0.29) is 26.1 Å². The topological polar surface area (TPSA) is 108 Å². The molecule has 9 nitrogen and oxygen atoms in total. The van der Waals surface area contributed by atoms with Crippen LogP contribution in [0.5, 0.6) is 0 Å². The highest BCUT2D eigenvalue weighted by molar-refractivity contribution is 7.47. The lowest BCUT2D eigenvalue weighted by Gasteiger charge is -2.24. The summed E-state index contributed by atoms with van der Waals surface area (Å²) in [6.07, 6.45) is 36.6. The van der Waals surface area contributed by atoms with Gasteiger partial charge in [0.2, 0.25) is 0 Å². The highest BCUT2D eigenvalue weighted by Gasteiger charge is 2.27. The third-order valence-electron chi connectivity index (χ3n) is 8.95. The summed E-state index contributed by atoms with van der Waals surface area (Å²) in [5.41, 5.74) is 0. The number of nitrogens with zero attached hydrogens (tertiary/aromatic N) is 1. The van der Waals surface area contributed by atoms with Gasteiger partial charge >= 0.3 is 19.8 Å². The number of esters is 2. The summed E-state index contributed by atoms with van der Waals surface area (Å²) in [6, 6.07) is 0. The molecule has 0 radical (unpaired) electrons. The van der Waals surface area contributed by atoms with Crippen LogP contribution in [0.15, 0.2) is 24.3 Å². The Kier molecular flexibility index (Phi) is 34.2. The Morgan fingerprint density at radius 1 is 0.577 bits per heavy atom. The molecule has 1 N–H and O–H groups in total. The normalized spacial score (nSPS) is 13.9. The maximum Gasteiger partial charge on any atom is 0.472 e. The van der Waals surface area contributed by atoms with Crippen molar-refractivity contribution < 1.29 is 42.1 Å². The summed E-state index contributed by atoms with van der Waals surface area (Å²) in [4.78, 5) is 35.2. The second kappa shape index (κ2) is 35.2. The van der Waals surface area contributed by atoms with Gasteiger partial charge in [-0.1, -0.05) is 128 Å². The van der Waals surface area contributed by atoms with Gasteiger partial charge in [-0.25, -0.2) is 4.57 Å². The van der Waals surface area contributed by atoms with Gasteiger partial charge in [0.1, 0.15) is 19.8 Å². The molecule has 1 unspecified atom stereocenters. The number of phosphoric acid groups is 1. The number of phosphoric ester groups is 1. The summed E-state index contributed by atoms with van der Waals surface area (Å²) in [6.45, 7) is 4.37. The van der Waals surface area contributed by atoms with Crippen LogP contribution < -0.4 is 0 Å². The van der Waals surface area contributed by atoms with Crippen LogP contribution in [-0.2, 0) is 32.7 Å². The minimum atomic E-state index is -4.38. The van der Waals surface area contributed by atoms with E-state index in [1.807, 2.05) is 21.1 Å². The van der Waals surface area contributed by atoms with Crippen molar-refractivity contribution in [2.24, 2.45) is 0 Å². The Labute approximate surface area is 319 Å². The summed E-state index contributed by atoms with van der Waals surface area (Å²) in [5, 5.41) is 0. The van der Waals surface area contributed by atoms with E-state index in [1.165, 1.54) is 96.3 Å². The first-order valence-corrected chi connectivity index (χ1v) is 22.6. The predicted molar refractivity (Wildman–Crippen MR) is 215 cm³/mol. The zero-order valence-corrected chi connectivity index (χ0v) is 35.2. The number of allylic oxidation sites excluding steroid dienone is 4. The molecule has 2 atom stereocenters. The Morgan fingerprint density at radius 2 is 0.981 bits per heavy atom.